The van der Waals surface area contributed by atoms with Crippen molar-refractivity contribution in [2.75, 3.05) is 6.54 Å². The summed E-state index contributed by atoms with van der Waals surface area (Å²) in [6.45, 7) is 1.64. The van der Waals surface area contributed by atoms with Crippen LogP contribution in [-0.2, 0) is 13.1 Å². The Balaban J connectivity index is 1.28. The lowest BCUT2D eigenvalue weighted by Crippen LogP contribution is -2.27. The highest BCUT2D eigenvalue weighted by molar-refractivity contribution is 5.94. The van der Waals surface area contributed by atoms with Crippen LogP contribution in [0.25, 0.3) is 5.65 Å². The Hall–Kier alpha value is -3.68. The van der Waals surface area contributed by atoms with Crippen molar-refractivity contribution in [3.63, 3.8) is 0 Å². The molecule has 0 aliphatic rings. The van der Waals surface area contributed by atoms with Gasteiger partial charge in [0.1, 0.15) is 0 Å². The Morgan fingerprint density at radius 3 is 2.68 bits per heavy atom. The highest BCUT2D eigenvalue weighted by Crippen LogP contribution is 2.06. The first kappa shape index (κ1) is 17.7. The molecule has 3 aromatic heterocycles. The van der Waals surface area contributed by atoms with E-state index in [0.29, 0.717) is 30.7 Å². The van der Waals surface area contributed by atoms with Gasteiger partial charge in [-0.3, -0.25) is 9.20 Å². The molecule has 0 aliphatic heterocycles. The average Bonchev–Trinajstić information content (AvgIpc) is 3.34. The van der Waals surface area contributed by atoms with Crippen LogP contribution in [0.4, 0.5) is 0 Å². The molecular formula is C20H20N6O2. The van der Waals surface area contributed by atoms with E-state index in [1.54, 1.807) is 30.9 Å². The maximum absolute atomic E-state index is 12.3. The summed E-state index contributed by atoms with van der Waals surface area (Å²) in [5, 5.41) is 7.16. The van der Waals surface area contributed by atoms with Crippen molar-refractivity contribution in [3.05, 3.63) is 89.0 Å². The molecule has 1 N–H and O–H groups in total. The van der Waals surface area contributed by atoms with E-state index in [-0.39, 0.29) is 11.6 Å². The molecule has 0 radical (unpaired) electrons. The third kappa shape index (κ3) is 3.85. The van der Waals surface area contributed by atoms with E-state index >= 15 is 0 Å². The van der Waals surface area contributed by atoms with Gasteiger partial charge in [-0.15, -0.1) is 5.10 Å². The third-order valence-electron chi connectivity index (χ3n) is 4.46. The Labute approximate surface area is 161 Å². The molecule has 8 nitrogen and oxygen atoms in total. The van der Waals surface area contributed by atoms with Crippen molar-refractivity contribution in [2.45, 2.75) is 19.5 Å². The Morgan fingerprint density at radius 1 is 1.07 bits per heavy atom. The van der Waals surface area contributed by atoms with Gasteiger partial charge in [-0.1, -0.05) is 18.2 Å². The smallest absolute Gasteiger partial charge is 0.350 e. The minimum atomic E-state index is -0.171. The van der Waals surface area contributed by atoms with Gasteiger partial charge in [0, 0.05) is 43.8 Å². The fraction of sp³-hybridized carbons (Fsp3) is 0.200. The van der Waals surface area contributed by atoms with Gasteiger partial charge in [-0.2, -0.15) is 0 Å². The van der Waals surface area contributed by atoms with Crippen LogP contribution in [0.2, 0.25) is 0 Å². The predicted octanol–water partition coefficient (Wildman–Crippen LogP) is 1.56. The first-order valence-electron chi connectivity index (χ1n) is 9.08. The number of aromatic nitrogens is 5. The van der Waals surface area contributed by atoms with Crippen molar-refractivity contribution < 1.29 is 4.79 Å². The summed E-state index contributed by atoms with van der Waals surface area (Å²) in [4.78, 5) is 28.5. The summed E-state index contributed by atoms with van der Waals surface area (Å²) < 4.78 is 4.90. The summed E-state index contributed by atoms with van der Waals surface area (Å²) in [5.41, 5.74) is 2.16. The van der Waals surface area contributed by atoms with Gasteiger partial charge in [-0.25, -0.2) is 14.5 Å². The van der Waals surface area contributed by atoms with Gasteiger partial charge >= 0.3 is 5.69 Å². The molecule has 4 aromatic rings. The molecule has 4 rings (SSSR count). The Bertz CT molecular complexity index is 1130. The third-order valence-corrected chi connectivity index (χ3v) is 4.46. The molecule has 0 spiro atoms. The molecule has 0 fully saturated rings. The van der Waals surface area contributed by atoms with Gasteiger partial charge in [0.25, 0.3) is 5.91 Å². The molecule has 0 unspecified atom stereocenters. The molecule has 142 valence electrons. The standard InChI is InChI=1S/C20H20N6O2/c27-19(17-7-5-16(6-8-17)14-24-13-10-21-15-24)22-9-3-12-26-20(28)25-11-2-1-4-18(25)23-26/h1-2,4-8,10-11,13,15H,3,9,12,14H2,(H,22,27). The fourth-order valence-electron chi connectivity index (χ4n) is 3.00. The van der Waals surface area contributed by atoms with Crippen molar-refractivity contribution in [2.24, 2.45) is 0 Å². The van der Waals surface area contributed by atoms with Crippen LogP contribution in [-0.4, -0.2) is 36.2 Å². The van der Waals surface area contributed by atoms with Gasteiger partial charge in [0.2, 0.25) is 0 Å². The van der Waals surface area contributed by atoms with E-state index in [2.05, 4.69) is 15.4 Å². The number of carbonyl (C=O) groups is 1. The molecule has 0 bridgehead atoms. The lowest BCUT2D eigenvalue weighted by molar-refractivity contribution is 0.0952. The summed E-state index contributed by atoms with van der Waals surface area (Å²) in [6, 6.07) is 12.9. The van der Waals surface area contributed by atoms with E-state index in [1.165, 1.54) is 9.08 Å². The number of benzene rings is 1. The van der Waals surface area contributed by atoms with E-state index in [4.69, 9.17) is 0 Å². The van der Waals surface area contributed by atoms with E-state index < -0.39 is 0 Å². The second-order valence-electron chi connectivity index (χ2n) is 6.48. The van der Waals surface area contributed by atoms with Crippen LogP contribution < -0.4 is 11.0 Å². The van der Waals surface area contributed by atoms with E-state index in [1.807, 2.05) is 41.1 Å². The first-order valence-corrected chi connectivity index (χ1v) is 9.08. The van der Waals surface area contributed by atoms with Gasteiger partial charge in [0.05, 0.1) is 6.33 Å². The summed E-state index contributed by atoms with van der Waals surface area (Å²) >= 11 is 0. The average molecular weight is 376 g/mol. The highest BCUT2D eigenvalue weighted by Gasteiger charge is 2.07. The van der Waals surface area contributed by atoms with Gasteiger partial charge in [-0.05, 0) is 36.2 Å². The number of hydrogen-bond donors (Lipinski definition) is 1. The highest BCUT2D eigenvalue weighted by atomic mass is 16.2. The molecular weight excluding hydrogens is 356 g/mol. The lowest BCUT2D eigenvalue weighted by Gasteiger charge is -2.07. The number of carbonyl (C=O) groups excluding carboxylic acids is 1. The van der Waals surface area contributed by atoms with Crippen molar-refractivity contribution in [1.82, 2.24) is 29.0 Å². The lowest BCUT2D eigenvalue weighted by atomic mass is 10.1. The Morgan fingerprint density at radius 2 is 1.93 bits per heavy atom. The molecule has 0 atom stereocenters. The second-order valence-corrected chi connectivity index (χ2v) is 6.48. The van der Waals surface area contributed by atoms with Crippen LogP contribution in [0.3, 0.4) is 0 Å². The molecule has 3 heterocycles. The SMILES string of the molecule is O=C(NCCCn1nc2ccccn2c1=O)c1ccc(Cn2ccnc2)cc1. The Kier molecular flexibility index (Phi) is 5.01. The van der Waals surface area contributed by atoms with Crippen LogP contribution in [0.15, 0.2) is 72.2 Å². The molecule has 28 heavy (non-hydrogen) atoms. The summed E-state index contributed by atoms with van der Waals surface area (Å²) in [6.07, 6.45) is 7.71. The molecule has 0 saturated heterocycles. The molecule has 1 amide bonds. The maximum Gasteiger partial charge on any atom is 0.350 e. The monoisotopic (exact) mass is 376 g/mol. The van der Waals surface area contributed by atoms with Crippen LogP contribution in [0, 0.1) is 0 Å². The molecule has 1 aromatic carbocycles. The number of pyridine rings is 1. The number of nitrogens with one attached hydrogen (secondary N) is 1. The first-order chi connectivity index (χ1) is 13.7. The molecule has 0 saturated carbocycles. The number of nitrogens with zero attached hydrogens (tertiary/aromatic N) is 5. The quantitative estimate of drug-likeness (QED) is 0.496. The van der Waals surface area contributed by atoms with Crippen molar-refractivity contribution in [3.8, 4) is 0 Å². The van der Waals surface area contributed by atoms with Gasteiger partial charge < -0.3 is 9.88 Å². The number of fused-ring (bicyclic) bond motifs is 1. The maximum atomic E-state index is 12.3. The molecule has 8 heteroatoms. The topological polar surface area (TPSA) is 86.2 Å². The number of imidazole rings is 1. The normalized spacial score (nSPS) is 11.0. The van der Waals surface area contributed by atoms with Crippen LogP contribution in [0.5, 0.6) is 0 Å². The van der Waals surface area contributed by atoms with Gasteiger partial charge in [0.15, 0.2) is 5.65 Å². The number of rotatable bonds is 7. The number of aryl methyl sites for hydroxylation is 1. The van der Waals surface area contributed by atoms with E-state index in [9.17, 15) is 9.59 Å². The van der Waals surface area contributed by atoms with E-state index in [0.717, 1.165) is 12.1 Å². The van der Waals surface area contributed by atoms with Crippen LogP contribution >= 0.6 is 0 Å². The number of hydrogen-bond acceptors (Lipinski definition) is 4. The minimum Gasteiger partial charge on any atom is -0.352 e. The summed E-state index contributed by atoms with van der Waals surface area (Å²) in [5.74, 6) is -0.128. The number of amides is 1. The zero-order valence-corrected chi connectivity index (χ0v) is 15.2. The molecule has 0 aliphatic carbocycles. The predicted molar refractivity (Wildman–Crippen MR) is 104 cm³/mol. The largest absolute Gasteiger partial charge is 0.352 e. The van der Waals surface area contributed by atoms with Crippen molar-refractivity contribution >= 4 is 11.6 Å². The van der Waals surface area contributed by atoms with Crippen molar-refractivity contribution in [1.29, 1.82) is 0 Å². The summed E-state index contributed by atoms with van der Waals surface area (Å²) in [7, 11) is 0. The second kappa shape index (κ2) is 7.91. The van der Waals surface area contributed by atoms with Crippen LogP contribution in [0.1, 0.15) is 22.3 Å². The minimum absolute atomic E-state index is 0.128. The fourth-order valence-corrected chi connectivity index (χ4v) is 3.00. The zero-order valence-electron chi connectivity index (χ0n) is 15.2. The zero-order chi connectivity index (χ0) is 19.3.